The number of ether oxygens (including phenoxy) is 1. The highest BCUT2D eigenvalue weighted by molar-refractivity contribution is 5.22. The summed E-state index contributed by atoms with van der Waals surface area (Å²) in [6.07, 6.45) is 2.70. The Labute approximate surface area is 104 Å². The molecule has 1 heterocycles. The van der Waals surface area contributed by atoms with Gasteiger partial charge in [-0.3, -0.25) is 0 Å². The van der Waals surface area contributed by atoms with Crippen LogP contribution in [0.15, 0.2) is 24.3 Å². The van der Waals surface area contributed by atoms with E-state index >= 15 is 0 Å². The lowest BCUT2D eigenvalue weighted by Crippen LogP contribution is -2.29. The largest absolute Gasteiger partial charge is 0.392 e. The van der Waals surface area contributed by atoms with E-state index in [9.17, 15) is 5.11 Å². The van der Waals surface area contributed by atoms with Gasteiger partial charge >= 0.3 is 0 Å². The SMILES string of the molecule is CCC1OCCC1C(O)Cc1ccc(C)cc1. The minimum atomic E-state index is -0.273. The number of hydrogen-bond acceptors (Lipinski definition) is 2. The molecule has 3 unspecified atom stereocenters. The summed E-state index contributed by atoms with van der Waals surface area (Å²) in [6.45, 7) is 5.01. The Morgan fingerprint density at radius 1 is 1.35 bits per heavy atom. The summed E-state index contributed by atoms with van der Waals surface area (Å²) in [5.41, 5.74) is 2.48. The molecule has 1 aliphatic rings. The van der Waals surface area contributed by atoms with Crippen LogP contribution in [0, 0.1) is 12.8 Å². The van der Waals surface area contributed by atoms with Crippen molar-refractivity contribution in [3.05, 3.63) is 35.4 Å². The van der Waals surface area contributed by atoms with Crippen molar-refractivity contribution in [1.29, 1.82) is 0 Å². The van der Waals surface area contributed by atoms with Crippen molar-refractivity contribution in [2.24, 2.45) is 5.92 Å². The maximum atomic E-state index is 10.3. The smallest absolute Gasteiger partial charge is 0.0634 e. The first kappa shape index (κ1) is 12.6. The van der Waals surface area contributed by atoms with E-state index in [0.717, 1.165) is 25.9 Å². The number of aryl methyl sites for hydroxylation is 1. The lowest BCUT2D eigenvalue weighted by molar-refractivity contribution is 0.0318. The molecule has 94 valence electrons. The van der Waals surface area contributed by atoms with Crippen molar-refractivity contribution in [3.8, 4) is 0 Å². The van der Waals surface area contributed by atoms with E-state index < -0.39 is 0 Å². The van der Waals surface area contributed by atoms with Gasteiger partial charge in [-0.15, -0.1) is 0 Å². The van der Waals surface area contributed by atoms with Gasteiger partial charge in [-0.1, -0.05) is 36.8 Å². The van der Waals surface area contributed by atoms with E-state index in [1.807, 2.05) is 0 Å². The summed E-state index contributed by atoms with van der Waals surface area (Å²) < 4.78 is 5.63. The maximum absolute atomic E-state index is 10.3. The van der Waals surface area contributed by atoms with Gasteiger partial charge in [-0.25, -0.2) is 0 Å². The Morgan fingerprint density at radius 3 is 2.71 bits per heavy atom. The van der Waals surface area contributed by atoms with Crippen molar-refractivity contribution in [1.82, 2.24) is 0 Å². The Balaban J connectivity index is 1.96. The van der Waals surface area contributed by atoms with Gasteiger partial charge in [0.1, 0.15) is 0 Å². The summed E-state index contributed by atoms with van der Waals surface area (Å²) in [5.74, 6) is 0.307. The van der Waals surface area contributed by atoms with Crippen molar-refractivity contribution in [2.45, 2.75) is 45.3 Å². The average Bonchev–Trinajstić information content (AvgIpc) is 2.80. The zero-order valence-corrected chi connectivity index (χ0v) is 10.7. The zero-order chi connectivity index (χ0) is 12.3. The van der Waals surface area contributed by atoms with Gasteiger partial charge in [-0.05, 0) is 31.7 Å². The van der Waals surface area contributed by atoms with Crippen LogP contribution in [0.25, 0.3) is 0 Å². The number of aliphatic hydroxyl groups excluding tert-OH is 1. The first-order valence-corrected chi connectivity index (χ1v) is 6.56. The third-order valence-corrected chi connectivity index (χ3v) is 3.72. The van der Waals surface area contributed by atoms with Gasteiger partial charge < -0.3 is 9.84 Å². The lowest BCUT2D eigenvalue weighted by atomic mass is 9.89. The lowest BCUT2D eigenvalue weighted by Gasteiger charge is -2.22. The average molecular weight is 234 g/mol. The van der Waals surface area contributed by atoms with Gasteiger partial charge in [0, 0.05) is 12.5 Å². The third-order valence-electron chi connectivity index (χ3n) is 3.72. The molecular weight excluding hydrogens is 212 g/mol. The molecule has 2 rings (SSSR count). The molecule has 2 nitrogen and oxygen atoms in total. The summed E-state index contributed by atoms with van der Waals surface area (Å²) in [6, 6.07) is 8.42. The molecule has 3 atom stereocenters. The molecule has 0 bridgehead atoms. The summed E-state index contributed by atoms with van der Waals surface area (Å²) >= 11 is 0. The van der Waals surface area contributed by atoms with Crippen molar-refractivity contribution in [3.63, 3.8) is 0 Å². The van der Waals surface area contributed by atoms with Crippen LogP contribution in [0.1, 0.15) is 30.9 Å². The zero-order valence-electron chi connectivity index (χ0n) is 10.7. The highest BCUT2D eigenvalue weighted by Crippen LogP contribution is 2.28. The van der Waals surface area contributed by atoms with Crippen molar-refractivity contribution < 1.29 is 9.84 Å². The van der Waals surface area contributed by atoms with Gasteiger partial charge in [0.2, 0.25) is 0 Å². The van der Waals surface area contributed by atoms with Crippen molar-refractivity contribution in [2.75, 3.05) is 6.61 Å². The Hall–Kier alpha value is -0.860. The van der Waals surface area contributed by atoms with Crippen LogP contribution in [0.3, 0.4) is 0 Å². The van der Waals surface area contributed by atoms with Gasteiger partial charge in [0.25, 0.3) is 0 Å². The second-order valence-electron chi connectivity index (χ2n) is 5.03. The number of rotatable bonds is 4. The molecule has 1 aromatic carbocycles. The molecule has 2 heteroatoms. The Bertz CT molecular complexity index is 344. The fourth-order valence-electron chi connectivity index (χ4n) is 2.64. The van der Waals surface area contributed by atoms with Crippen molar-refractivity contribution >= 4 is 0 Å². The van der Waals surface area contributed by atoms with Crippen LogP contribution in [0.4, 0.5) is 0 Å². The molecule has 17 heavy (non-hydrogen) atoms. The monoisotopic (exact) mass is 234 g/mol. The highest BCUT2D eigenvalue weighted by atomic mass is 16.5. The fraction of sp³-hybridized carbons (Fsp3) is 0.600. The predicted octanol–water partition coefficient (Wildman–Crippen LogP) is 2.71. The summed E-state index contributed by atoms with van der Waals surface area (Å²) in [7, 11) is 0. The first-order valence-electron chi connectivity index (χ1n) is 6.56. The van der Waals surface area contributed by atoms with Crippen LogP contribution in [0.2, 0.25) is 0 Å². The van der Waals surface area contributed by atoms with E-state index in [0.29, 0.717) is 5.92 Å². The normalized spacial score (nSPS) is 26.1. The van der Waals surface area contributed by atoms with Gasteiger partial charge in [0.05, 0.1) is 12.2 Å². The Morgan fingerprint density at radius 2 is 2.06 bits per heavy atom. The molecule has 0 amide bonds. The van der Waals surface area contributed by atoms with Gasteiger partial charge in [-0.2, -0.15) is 0 Å². The van der Waals surface area contributed by atoms with Crippen LogP contribution >= 0.6 is 0 Å². The number of benzene rings is 1. The molecule has 1 fully saturated rings. The minimum absolute atomic E-state index is 0.246. The van der Waals surface area contributed by atoms with E-state index in [1.165, 1.54) is 11.1 Å². The van der Waals surface area contributed by atoms with Crippen LogP contribution < -0.4 is 0 Å². The summed E-state index contributed by atoms with van der Waals surface area (Å²) in [5, 5.41) is 10.3. The second kappa shape index (κ2) is 5.65. The summed E-state index contributed by atoms with van der Waals surface area (Å²) in [4.78, 5) is 0. The minimum Gasteiger partial charge on any atom is -0.392 e. The fourth-order valence-corrected chi connectivity index (χ4v) is 2.64. The Kier molecular flexibility index (Phi) is 4.19. The molecule has 0 radical (unpaired) electrons. The number of aliphatic hydroxyl groups is 1. The molecule has 0 aromatic heterocycles. The quantitative estimate of drug-likeness (QED) is 0.868. The van der Waals surface area contributed by atoms with E-state index in [1.54, 1.807) is 0 Å². The van der Waals surface area contributed by atoms with Gasteiger partial charge in [0.15, 0.2) is 0 Å². The number of hydrogen-bond donors (Lipinski definition) is 1. The molecular formula is C15H22O2. The molecule has 1 aromatic rings. The molecule has 0 saturated carbocycles. The van der Waals surface area contributed by atoms with Crippen LogP contribution in [-0.2, 0) is 11.2 Å². The molecule has 1 saturated heterocycles. The standard InChI is InChI=1S/C15H22O2/c1-3-15-13(8-9-17-15)14(16)10-12-6-4-11(2)5-7-12/h4-7,13-16H,3,8-10H2,1-2H3. The maximum Gasteiger partial charge on any atom is 0.0634 e. The molecule has 1 N–H and O–H groups in total. The van der Waals surface area contributed by atoms with E-state index in [2.05, 4.69) is 38.1 Å². The topological polar surface area (TPSA) is 29.5 Å². The van der Waals surface area contributed by atoms with Crippen LogP contribution in [0.5, 0.6) is 0 Å². The molecule has 0 aliphatic carbocycles. The second-order valence-corrected chi connectivity index (χ2v) is 5.03. The molecule has 1 aliphatic heterocycles. The predicted molar refractivity (Wildman–Crippen MR) is 69.0 cm³/mol. The van der Waals surface area contributed by atoms with E-state index in [-0.39, 0.29) is 12.2 Å². The highest BCUT2D eigenvalue weighted by Gasteiger charge is 2.32. The first-order chi connectivity index (χ1) is 8.20. The third kappa shape index (κ3) is 3.08. The molecule has 0 spiro atoms. The van der Waals surface area contributed by atoms with E-state index in [4.69, 9.17) is 4.74 Å². The van der Waals surface area contributed by atoms with Crippen LogP contribution in [-0.4, -0.2) is 23.9 Å².